The Balaban J connectivity index is 1.95. The first-order valence-electron chi connectivity index (χ1n) is 10.4. The third-order valence-corrected chi connectivity index (χ3v) is 5.26. The number of fused-ring (bicyclic) bond motifs is 1. The van der Waals surface area contributed by atoms with Gasteiger partial charge in [0.15, 0.2) is 0 Å². The molecule has 0 saturated carbocycles. The highest BCUT2D eigenvalue weighted by Gasteiger charge is 2.20. The van der Waals surface area contributed by atoms with Gasteiger partial charge in [0.2, 0.25) is 0 Å². The lowest BCUT2D eigenvalue weighted by atomic mass is 10.0. The molecule has 4 aromatic rings. The van der Waals surface area contributed by atoms with Crippen LogP contribution in [0, 0.1) is 0 Å². The zero-order valence-electron chi connectivity index (χ0n) is 18.5. The molecule has 3 aromatic heterocycles. The Morgan fingerprint density at radius 2 is 1.71 bits per heavy atom. The first kappa shape index (κ1) is 20.8. The number of nitrogens with zero attached hydrogens (tertiary/aromatic N) is 5. The van der Waals surface area contributed by atoms with Gasteiger partial charge in [-0.3, -0.25) is 9.69 Å². The molecule has 0 aliphatic carbocycles. The summed E-state index contributed by atoms with van der Waals surface area (Å²) in [6, 6.07) is 17.2. The van der Waals surface area contributed by atoms with E-state index in [1.807, 2.05) is 92.9 Å². The Labute approximate surface area is 181 Å². The van der Waals surface area contributed by atoms with Crippen molar-refractivity contribution < 1.29 is 4.74 Å². The van der Waals surface area contributed by atoms with Crippen LogP contribution in [-0.2, 0) is 0 Å². The topological polar surface area (TPSA) is 64.7 Å². The van der Waals surface area contributed by atoms with Crippen molar-refractivity contribution in [1.82, 2.24) is 24.3 Å². The summed E-state index contributed by atoms with van der Waals surface area (Å²) in [6.07, 6.45) is 1.81. The van der Waals surface area contributed by atoms with E-state index in [-0.39, 0.29) is 17.8 Å². The Morgan fingerprint density at radius 1 is 0.968 bits per heavy atom. The van der Waals surface area contributed by atoms with Gasteiger partial charge in [-0.2, -0.15) is 10.2 Å². The molecule has 1 aromatic carbocycles. The lowest BCUT2D eigenvalue weighted by Crippen LogP contribution is -2.30. The standard InChI is InChI=1S/C24H27N5O2/c1-16(2)29-22(30)12-11-20(25-29)23-21-15-19(31-17(3)27(4)5)13-14-28(21)26-24(23)18-9-7-6-8-10-18/h6-17H,1-5H3. The minimum Gasteiger partial charge on any atom is -0.475 e. The zero-order chi connectivity index (χ0) is 22.1. The van der Waals surface area contributed by atoms with E-state index in [0.29, 0.717) is 5.69 Å². The normalized spacial score (nSPS) is 12.6. The van der Waals surface area contributed by atoms with Gasteiger partial charge in [0.05, 0.1) is 22.8 Å². The fraction of sp³-hybridized carbons (Fsp3) is 0.292. The van der Waals surface area contributed by atoms with E-state index < -0.39 is 0 Å². The molecule has 4 rings (SSSR count). The number of rotatable bonds is 6. The molecule has 0 spiro atoms. The summed E-state index contributed by atoms with van der Waals surface area (Å²) >= 11 is 0. The molecular formula is C24H27N5O2. The Bertz CT molecular complexity index is 1260. The Hall–Kier alpha value is -3.45. The van der Waals surface area contributed by atoms with Crippen molar-refractivity contribution in [1.29, 1.82) is 0 Å². The predicted molar refractivity (Wildman–Crippen MR) is 122 cm³/mol. The van der Waals surface area contributed by atoms with Crippen molar-refractivity contribution >= 4 is 5.52 Å². The number of benzene rings is 1. The van der Waals surface area contributed by atoms with E-state index in [0.717, 1.165) is 28.1 Å². The second kappa shape index (κ2) is 8.35. The highest BCUT2D eigenvalue weighted by Crippen LogP contribution is 2.35. The number of hydrogen-bond acceptors (Lipinski definition) is 5. The highest BCUT2D eigenvalue weighted by molar-refractivity contribution is 5.91. The molecule has 0 radical (unpaired) electrons. The zero-order valence-corrected chi connectivity index (χ0v) is 18.5. The van der Waals surface area contributed by atoms with Crippen LogP contribution in [0.2, 0.25) is 0 Å². The molecule has 31 heavy (non-hydrogen) atoms. The van der Waals surface area contributed by atoms with Crippen LogP contribution >= 0.6 is 0 Å². The average molecular weight is 418 g/mol. The van der Waals surface area contributed by atoms with Crippen LogP contribution in [0.15, 0.2) is 65.6 Å². The van der Waals surface area contributed by atoms with Gasteiger partial charge in [-0.25, -0.2) is 9.20 Å². The number of aromatic nitrogens is 4. The minimum atomic E-state index is -0.125. The van der Waals surface area contributed by atoms with Gasteiger partial charge in [-0.15, -0.1) is 0 Å². The molecule has 0 fully saturated rings. The second-order valence-corrected chi connectivity index (χ2v) is 8.06. The summed E-state index contributed by atoms with van der Waals surface area (Å²) in [5, 5.41) is 9.51. The van der Waals surface area contributed by atoms with Crippen molar-refractivity contribution in [3.05, 3.63) is 71.1 Å². The minimum absolute atomic E-state index is 0.0469. The molecule has 0 bridgehead atoms. The van der Waals surface area contributed by atoms with Gasteiger partial charge in [0.1, 0.15) is 17.7 Å². The summed E-state index contributed by atoms with van der Waals surface area (Å²) < 4.78 is 9.41. The Kier molecular flexibility index (Phi) is 5.61. The number of hydrogen-bond donors (Lipinski definition) is 0. The molecule has 0 N–H and O–H groups in total. The van der Waals surface area contributed by atoms with Gasteiger partial charge in [0, 0.05) is 23.9 Å². The van der Waals surface area contributed by atoms with Gasteiger partial charge in [0.25, 0.3) is 5.56 Å². The van der Waals surface area contributed by atoms with Gasteiger partial charge < -0.3 is 4.74 Å². The second-order valence-electron chi connectivity index (χ2n) is 8.06. The molecule has 1 atom stereocenters. The Morgan fingerprint density at radius 3 is 2.39 bits per heavy atom. The molecule has 7 nitrogen and oxygen atoms in total. The van der Waals surface area contributed by atoms with E-state index in [2.05, 4.69) is 5.10 Å². The van der Waals surface area contributed by atoms with Crippen molar-refractivity contribution in [3.8, 4) is 28.3 Å². The van der Waals surface area contributed by atoms with E-state index >= 15 is 0 Å². The van der Waals surface area contributed by atoms with Crippen LogP contribution in [0.5, 0.6) is 5.75 Å². The lowest BCUT2D eigenvalue weighted by Gasteiger charge is -2.21. The third kappa shape index (κ3) is 4.09. The fourth-order valence-corrected chi connectivity index (χ4v) is 3.38. The molecular weight excluding hydrogens is 390 g/mol. The molecule has 7 heteroatoms. The summed E-state index contributed by atoms with van der Waals surface area (Å²) in [7, 11) is 3.94. The number of pyridine rings is 1. The quantitative estimate of drug-likeness (QED) is 0.442. The summed E-state index contributed by atoms with van der Waals surface area (Å²) in [5.41, 5.74) is 4.09. The predicted octanol–water partition coefficient (Wildman–Crippen LogP) is 4.09. The summed E-state index contributed by atoms with van der Waals surface area (Å²) in [5.74, 6) is 0.742. The molecule has 0 aliphatic rings. The maximum atomic E-state index is 12.3. The van der Waals surface area contributed by atoms with E-state index in [9.17, 15) is 4.79 Å². The summed E-state index contributed by atoms with van der Waals surface area (Å²) in [4.78, 5) is 14.3. The van der Waals surface area contributed by atoms with Crippen LogP contribution in [0.3, 0.4) is 0 Å². The maximum absolute atomic E-state index is 12.3. The molecule has 160 valence electrons. The molecule has 0 amide bonds. The van der Waals surface area contributed by atoms with Crippen LogP contribution in [-0.4, -0.2) is 44.6 Å². The third-order valence-electron chi connectivity index (χ3n) is 5.26. The SMILES string of the molecule is CC(Oc1ccn2nc(-c3ccccc3)c(-c3ccc(=O)n(C(C)C)n3)c2c1)N(C)C. The van der Waals surface area contributed by atoms with Crippen molar-refractivity contribution in [2.45, 2.75) is 33.0 Å². The van der Waals surface area contributed by atoms with Crippen molar-refractivity contribution in [2.24, 2.45) is 0 Å². The van der Waals surface area contributed by atoms with E-state index in [4.69, 9.17) is 9.84 Å². The smallest absolute Gasteiger partial charge is 0.267 e. The van der Waals surface area contributed by atoms with Gasteiger partial charge in [-0.1, -0.05) is 30.3 Å². The first-order valence-corrected chi connectivity index (χ1v) is 10.4. The molecule has 0 aliphatic heterocycles. The molecule has 0 saturated heterocycles. The number of ether oxygens (including phenoxy) is 1. The highest BCUT2D eigenvalue weighted by atomic mass is 16.5. The average Bonchev–Trinajstić information content (AvgIpc) is 3.13. The first-order chi connectivity index (χ1) is 14.8. The van der Waals surface area contributed by atoms with Crippen LogP contribution in [0.4, 0.5) is 0 Å². The van der Waals surface area contributed by atoms with Gasteiger partial charge >= 0.3 is 0 Å². The largest absolute Gasteiger partial charge is 0.475 e. The molecule has 3 heterocycles. The van der Waals surface area contributed by atoms with Gasteiger partial charge in [-0.05, 0) is 47.0 Å². The fourth-order valence-electron chi connectivity index (χ4n) is 3.38. The van der Waals surface area contributed by atoms with E-state index in [1.54, 1.807) is 12.1 Å². The van der Waals surface area contributed by atoms with Crippen molar-refractivity contribution in [2.75, 3.05) is 14.1 Å². The van der Waals surface area contributed by atoms with Crippen LogP contribution in [0.25, 0.3) is 28.0 Å². The van der Waals surface area contributed by atoms with Crippen molar-refractivity contribution in [3.63, 3.8) is 0 Å². The monoisotopic (exact) mass is 417 g/mol. The van der Waals surface area contributed by atoms with Crippen LogP contribution < -0.4 is 10.3 Å². The summed E-state index contributed by atoms with van der Waals surface area (Å²) in [6.45, 7) is 5.89. The lowest BCUT2D eigenvalue weighted by molar-refractivity contribution is 0.0815. The molecule has 1 unspecified atom stereocenters. The van der Waals surface area contributed by atoms with Crippen LogP contribution in [0.1, 0.15) is 26.8 Å². The van der Waals surface area contributed by atoms with E-state index in [1.165, 1.54) is 4.68 Å². The maximum Gasteiger partial charge on any atom is 0.267 e.